The Morgan fingerprint density at radius 2 is 1.63 bits per heavy atom. The lowest BCUT2D eigenvalue weighted by Gasteiger charge is -2.35. The summed E-state index contributed by atoms with van der Waals surface area (Å²) in [5.41, 5.74) is -1.91. The molecule has 0 unspecified atom stereocenters. The largest absolute Gasteiger partial charge is 0.497 e. The van der Waals surface area contributed by atoms with Crippen LogP contribution in [0.1, 0.15) is 47.8 Å². The van der Waals surface area contributed by atoms with Crippen LogP contribution in [0.25, 0.3) is 0 Å². The number of hydrogen-bond acceptors (Lipinski definition) is 7. The van der Waals surface area contributed by atoms with E-state index in [0.29, 0.717) is 22.6 Å². The predicted octanol–water partition coefficient (Wildman–Crippen LogP) is 4.58. The molecule has 4 fully saturated rings. The molecule has 4 aliphatic heterocycles. The number of piperidine rings is 1. The topological polar surface area (TPSA) is 103 Å². The number of hydrogen-bond donors (Lipinski definition) is 1. The van der Waals surface area contributed by atoms with Crippen LogP contribution in [-0.2, 0) is 25.3 Å². The average molecular weight is 737 g/mol. The first-order valence-corrected chi connectivity index (χ1v) is 17.7. The summed E-state index contributed by atoms with van der Waals surface area (Å²) >= 11 is 0. The number of anilines is 1. The first kappa shape index (κ1) is 37.8. The molecule has 5 atom stereocenters. The van der Waals surface area contributed by atoms with Gasteiger partial charge in [-0.2, -0.15) is 13.2 Å². The van der Waals surface area contributed by atoms with Crippen molar-refractivity contribution < 1.29 is 50.9 Å². The summed E-state index contributed by atoms with van der Waals surface area (Å²) in [6.07, 6.45) is -4.95. The van der Waals surface area contributed by atoms with Crippen molar-refractivity contribution in [2.24, 2.45) is 11.8 Å². The van der Waals surface area contributed by atoms with Gasteiger partial charge in [-0.05, 0) is 54.7 Å². The van der Waals surface area contributed by atoms with Crippen LogP contribution in [0.4, 0.5) is 27.6 Å². The number of amides is 2. The number of carboxylic acids is 1. The minimum atomic E-state index is -4.62. The van der Waals surface area contributed by atoms with E-state index in [1.807, 2.05) is 0 Å². The van der Waals surface area contributed by atoms with Gasteiger partial charge >= 0.3 is 12.1 Å². The number of alkyl halides is 5. The molecule has 6 rings (SSSR count). The van der Waals surface area contributed by atoms with Gasteiger partial charge in [0.05, 0.1) is 38.3 Å². The van der Waals surface area contributed by atoms with Crippen LogP contribution in [-0.4, -0.2) is 129 Å². The zero-order chi connectivity index (χ0) is 37.4. The van der Waals surface area contributed by atoms with Gasteiger partial charge in [0.15, 0.2) is 0 Å². The van der Waals surface area contributed by atoms with E-state index in [4.69, 9.17) is 9.47 Å². The molecule has 0 bridgehead atoms. The molecule has 52 heavy (non-hydrogen) atoms. The number of rotatable bonds is 10. The molecule has 4 aliphatic rings. The first-order valence-electron chi connectivity index (χ1n) is 17.7. The van der Waals surface area contributed by atoms with Gasteiger partial charge in [0.1, 0.15) is 11.9 Å². The molecule has 2 aromatic carbocycles. The van der Waals surface area contributed by atoms with E-state index in [0.717, 1.165) is 12.1 Å². The number of methoxy groups -OCH3 is 2. The molecule has 2 aromatic rings. The molecule has 10 nitrogen and oxygen atoms in total. The molecule has 284 valence electrons. The van der Waals surface area contributed by atoms with Gasteiger partial charge in [-0.1, -0.05) is 18.2 Å². The van der Waals surface area contributed by atoms with Crippen molar-refractivity contribution in [1.82, 2.24) is 14.7 Å². The van der Waals surface area contributed by atoms with E-state index in [2.05, 4.69) is 0 Å². The molecule has 0 spiro atoms. The minimum absolute atomic E-state index is 0.0163. The molecule has 4 saturated heterocycles. The SMILES string of the molecule is COC[C@H]1CN(C(=O)[C@]2(F)CN(CC(=O)N3CC[C@@H](F)C3)C[C@H]2c2ccc(OC)cc2)C[C@@H]1c1ccc(C(F)(F)F)cc1N1CCC(C(=O)O)CC1. The summed E-state index contributed by atoms with van der Waals surface area (Å²) in [5.74, 6) is -3.96. The molecule has 0 aromatic heterocycles. The maximum absolute atomic E-state index is 17.7. The molecule has 2 amide bonds. The maximum atomic E-state index is 17.7. The van der Waals surface area contributed by atoms with Crippen molar-refractivity contribution in [3.05, 3.63) is 59.2 Å². The van der Waals surface area contributed by atoms with Gasteiger partial charge in [-0.15, -0.1) is 0 Å². The van der Waals surface area contributed by atoms with Crippen LogP contribution < -0.4 is 9.64 Å². The normalized spacial score (nSPS) is 27.4. The molecular formula is C37H45F5N4O6. The lowest BCUT2D eigenvalue weighted by molar-refractivity contribution is -0.144. The fourth-order valence-electron chi connectivity index (χ4n) is 8.39. The Balaban J connectivity index is 1.29. The van der Waals surface area contributed by atoms with E-state index in [9.17, 15) is 37.1 Å². The molecule has 4 heterocycles. The molecule has 1 N–H and O–H groups in total. The van der Waals surface area contributed by atoms with E-state index < -0.39 is 53.2 Å². The Labute approximate surface area is 299 Å². The highest BCUT2D eigenvalue weighted by atomic mass is 19.4. The van der Waals surface area contributed by atoms with Gasteiger partial charge in [-0.25, -0.2) is 8.78 Å². The van der Waals surface area contributed by atoms with Gasteiger partial charge in [0.2, 0.25) is 11.6 Å². The van der Waals surface area contributed by atoms with Gasteiger partial charge in [0, 0.05) is 76.4 Å². The number of halogens is 5. The van der Waals surface area contributed by atoms with E-state index in [1.54, 1.807) is 34.1 Å². The van der Waals surface area contributed by atoms with Crippen molar-refractivity contribution >= 4 is 23.5 Å². The number of benzene rings is 2. The Morgan fingerprint density at radius 1 is 0.923 bits per heavy atom. The minimum Gasteiger partial charge on any atom is -0.497 e. The van der Waals surface area contributed by atoms with Crippen molar-refractivity contribution in [2.75, 3.05) is 84.6 Å². The standard InChI is InChI=1S/C37H45F5N4O6/c1-51-21-25-16-46(18-30(25)29-8-5-26(37(40,41)42)15-32(29)44-12-9-24(10-13-44)34(48)49)35(50)36(39)22-43(20-33(47)45-14-11-27(38)17-45)19-31(36)23-3-6-28(52-2)7-4-23/h3-8,15,24-25,27,30-31H,9-14,16-22H2,1-2H3,(H,48,49)/t25-,27-,30+,31+,36+/m1/s1. The number of likely N-dealkylation sites (tertiary alicyclic amines) is 3. The third kappa shape index (κ3) is 7.71. The van der Waals surface area contributed by atoms with Gasteiger partial charge < -0.3 is 29.3 Å². The molecule has 0 saturated carbocycles. The molecule has 0 radical (unpaired) electrons. The molecule has 15 heteroatoms. The van der Waals surface area contributed by atoms with Crippen molar-refractivity contribution in [2.45, 2.75) is 49.1 Å². The Bertz CT molecular complexity index is 1620. The average Bonchev–Trinajstić information content (AvgIpc) is 3.84. The lowest BCUT2D eigenvalue weighted by Crippen LogP contribution is -2.50. The highest BCUT2D eigenvalue weighted by molar-refractivity contribution is 5.88. The predicted molar refractivity (Wildman–Crippen MR) is 181 cm³/mol. The monoisotopic (exact) mass is 736 g/mol. The van der Waals surface area contributed by atoms with Crippen LogP contribution >= 0.6 is 0 Å². The zero-order valence-electron chi connectivity index (χ0n) is 29.3. The van der Waals surface area contributed by atoms with Crippen LogP contribution in [0, 0.1) is 11.8 Å². The van der Waals surface area contributed by atoms with Gasteiger partial charge in [0.25, 0.3) is 5.91 Å². The number of aliphatic carboxylic acids is 1. The molecule has 0 aliphatic carbocycles. The Hall–Kier alpha value is -3.98. The van der Waals surface area contributed by atoms with Crippen LogP contribution in [0.3, 0.4) is 0 Å². The van der Waals surface area contributed by atoms with Crippen molar-refractivity contribution in [1.29, 1.82) is 0 Å². The number of nitrogens with zero attached hydrogens (tertiary/aromatic N) is 4. The number of carbonyl (C=O) groups excluding carboxylic acids is 2. The van der Waals surface area contributed by atoms with E-state index >= 15 is 4.39 Å². The molecular weight excluding hydrogens is 691 g/mol. The summed E-state index contributed by atoms with van der Waals surface area (Å²) in [6, 6.07) is 10.2. The Kier molecular flexibility index (Phi) is 11.0. The fraction of sp³-hybridized carbons (Fsp3) is 0.595. The Morgan fingerprint density at radius 3 is 2.23 bits per heavy atom. The fourth-order valence-corrected chi connectivity index (χ4v) is 8.39. The second-order valence-corrected chi connectivity index (χ2v) is 14.5. The summed E-state index contributed by atoms with van der Waals surface area (Å²) in [7, 11) is 2.99. The first-order chi connectivity index (χ1) is 24.7. The van der Waals surface area contributed by atoms with Gasteiger partial charge in [-0.3, -0.25) is 19.3 Å². The number of ether oxygens (including phenoxy) is 2. The van der Waals surface area contributed by atoms with E-state index in [1.165, 1.54) is 30.1 Å². The number of carbonyl (C=O) groups is 3. The third-order valence-electron chi connectivity index (χ3n) is 11.2. The lowest BCUT2D eigenvalue weighted by atomic mass is 9.85. The summed E-state index contributed by atoms with van der Waals surface area (Å²) in [6.45, 7) is 0.498. The van der Waals surface area contributed by atoms with Crippen molar-refractivity contribution in [3.63, 3.8) is 0 Å². The quantitative estimate of drug-likeness (QED) is 0.354. The highest BCUT2D eigenvalue weighted by Gasteiger charge is 2.57. The summed E-state index contributed by atoms with van der Waals surface area (Å²) in [4.78, 5) is 45.4. The third-order valence-corrected chi connectivity index (χ3v) is 11.2. The van der Waals surface area contributed by atoms with E-state index in [-0.39, 0.29) is 96.6 Å². The second-order valence-electron chi connectivity index (χ2n) is 14.5. The smallest absolute Gasteiger partial charge is 0.416 e. The number of carboxylic acid groups (broad SMARTS) is 1. The van der Waals surface area contributed by atoms with Crippen LogP contribution in [0.5, 0.6) is 5.75 Å². The maximum Gasteiger partial charge on any atom is 0.416 e. The summed E-state index contributed by atoms with van der Waals surface area (Å²) in [5, 5.41) is 9.50. The second kappa shape index (κ2) is 15.2. The zero-order valence-corrected chi connectivity index (χ0v) is 29.3. The van der Waals surface area contributed by atoms with Crippen LogP contribution in [0.2, 0.25) is 0 Å². The summed E-state index contributed by atoms with van der Waals surface area (Å²) < 4.78 is 84.2. The van der Waals surface area contributed by atoms with Crippen LogP contribution in [0.15, 0.2) is 42.5 Å². The highest BCUT2D eigenvalue weighted by Crippen LogP contribution is 2.46. The van der Waals surface area contributed by atoms with Crippen molar-refractivity contribution in [3.8, 4) is 5.75 Å².